The second-order valence-corrected chi connectivity index (χ2v) is 11.4. The van der Waals surface area contributed by atoms with E-state index in [0.717, 1.165) is 65.0 Å². The zero-order valence-electron chi connectivity index (χ0n) is 19.1. The Bertz CT molecular complexity index is 601. The summed E-state index contributed by atoms with van der Waals surface area (Å²) in [6.07, 6.45) is 10.9. The van der Waals surface area contributed by atoms with E-state index in [2.05, 4.69) is 19.6 Å². The van der Waals surface area contributed by atoms with E-state index in [0.29, 0.717) is 18.0 Å². The quantitative estimate of drug-likeness (QED) is 0.665. The standard InChI is InChI=1S/C24H42ClN5O/c25-21-16-29(19-4-2-1-3-5-19)17-22(26)23(21)28-12-6-18(7-13-28)24(31)30-15-14-27-10-8-20(30)9-11-27/h18-23H,1-17,26H2. The van der Waals surface area contributed by atoms with Gasteiger partial charge in [-0.25, -0.2) is 0 Å². The predicted molar refractivity (Wildman–Crippen MR) is 125 cm³/mol. The number of hydrogen-bond donors (Lipinski definition) is 1. The topological polar surface area (TPSA) is 56.1 Å². The van der Waals surface area contributed by atoms with Gasteiger partial charge >= 0.3 is 0 Å². The van der Waals surface area contributed by atoms with Crippen LogP contribution in [-0.4, -0.2) is 107 Å². The smallest absolute Gasteiger partial charge is 0.226 e. The molecule has 1 aliphatic carbocycles. The van der Waals surface area contributed by atoms with Gasteiger partial charge in [0.25, 0.3) is 0 Å². The minimum absolute atomic E-state index is 0.0907. The van der Waals surface area contributed by atoms with E-state index in [1.165, 1.54) is 45.2 Å². The molecule has 3 unspecified atom stereocenters. The molecule has 0 spiro atoms. The predicted octanol–water partition coefficient (Wildman–Crippen LogP) is 1.96. The van der Waals surface area contributed by atoms with E-state index < -0.39 is 0 Å². The Labute approximate surface area is 193 Å². The average molecular weight is 452 g/mol. The largest absolute Gasteiger partial charge is 0.338 e. The molecule has 1 amide bonds. The Balaban J connectivity index is 1.14. The minimum atomic E-state index is 0.0907. The summed E-state index contributed by atoms with van der Waals surface area (Å²) >= 11 is 6.96. The van der Waals surface area contributed by atoms with Crippen molar-refractivity contribution < 1.29 is 4.79 Å². The van der Waals surface area contributed by atoms with E-state index >= 15 is 0 Å². The van der Waals surface area contributed by atoms with E-state index in [9.17, 15) is 4.79 Å². The number of hydrogen-bond acceptors (Lipinski definition) is 5. The molecule has 2 N–H and O–H groups in total. The van der Waals surface area contributed by atoms with Crippen molar-refractivity contribution in [2.24, 2.45) is 11.7 Å². The number of carbonyl (C=O) groups excluding carboxylic acids is 1. The van der Waals surface area contributed by atoms with Crippen molar-refractivity contribution in [3.05, 3.63) is 0 Å². The highest BCUT2D eigenvalue weighted by atomic mass is 35.5. The zero-order chi connectivity index (χ0) is 21.4. The molecule has 0 aromatic carbocycles. The van der Waals surface area contributed by atoms with Crippen LogP contribution in [0, 0.1) is 5.92 Å². The van der Waals surface area contributed by atoms with Crippen LogP contribution in [0.15, 0.2) is 0 Å². The normalized spacial score (nSPS) is 39.5. The van der Waals surface area contributed by atoms with Crippen molar-refractivity contribution in [2.75, 3.05) is 52.4 Å². The summed E-state index contributed by atoms with van der Waals surface area (Å²) in [5.74, 6) is 0.614. The number of amides is 1. The molecule has 2 bridgehead atoms. The van der Waals surface area contributed by atoms with Crippen molar-refractivity contribution in [2.45, 2.75) is 87.3 Å². The molecule has 31 heavy (non-hydrogen) atoms. The maximum absolute atomic E-state index is 13.4. The highest BCUT2D eigenvalue weighted by Crippen LogP contribution is 2.32. The first-order valence-electron chi connectivity index (χ1n) is 13.0. The average Bonchev–Trinajstić information content (AvgIpc) is 3.13. The zero-order valence-corrected chi connectivity index (χ0v) is 19.9. The van der Waals surface area contributed by atoms with Crippen LogP contribution >= 0.6 is 11.6 Å². The van der Waals surface area contributed by atoms with Gasteiger partial charge in [-0.15, -0.1) is 11.6 Å². The van der Waals surface area contributed by atoms with Gasteiger partial charge in [0, 0.05) is 69.4 Å². The molecular formula is C24H42ClN5O. The van der Waals surface area contributed by atoms with Crippen LogP contribution in [-0.2, 0) is 4.79 Å². The van der Waals surface area contributed by atoms with Crippen molar-refractivity contribution in [3.63, 3.8) is 0 Å². The summed E-state index contributed by atoms with van der Waals surface area (Å²) in [4.78, 5) is 23.2. The van der Waals surface area contributed by atoms with Crippen LogP contribution in [0.1, 0.15) is 57.8 Å². The number of halogens is 1. The van der Waals surface area contributed by atoms with Crippen molar-refractivity contribution in [1.29, 1.82) is 0 Å². The van der Waals surface area contributed by atoms with Gasteiger partial charge in [0.15, 0.2) is 0 Å². The molecule has 6 rings (SSSR count). The van der Waals surface area contributed by atoms with E-state index in [4.69, 9.17) is 17.3 Å². The van der Waals surface area contributed by atoms with Gasteiger partial charge in [0.1, 0.15) is 0 Å². The lowest BCUT2D eigenvalue weighted by atomic mass is 9.88. The van der Waals surface area contributed by atoms with Crippen LogP contribution in [0.3, 0.4) is 0 Å². The summed E-state index contributed by atoms with van der Waals surface area (Å²) in [5.41, 5.74) is 6.72. The first kappa shape index (κ1) is 22.4. The SMILES string of the molecule is NC1CN(C2CCCCC2)CC(Cl)C1N1CCC(C(=O)N2CCN3CCC2CC3)CC1. The highest BCUT2D eigenvalue weighted by molar-refractivity contribution is 6.21. The number of nitrogens with zero attached hydrogens (tertiary/aromatic N) is 4. The first-order valence-corrected chi connectivity index (χ1v) is 13.4. The summed E-state index contributed by atoms with van der Waals surface area (Å²) < 4.78 is 0. The number of piperidine rings is 3. The highest BCUT2D eigenvalue weighted by Gasteiger charge is 2.42. The minimum Gasteiger partial charge on any atom is -0.338 e. The molecule has 7 heteroatoms. The third kappa shape index (κ3) is 4.79. The van der Waals surface area contributed by atoms with Crippen LogP contribution in [0.25, 0.3) is 0 Å². The van der Waals surface area contributed by atoms with Gasteiger partial charge in [-0.05, 0) is 51.6 Å². The van der Waals surface area contributed by atoms with Gasteiger partial charge in [-0.1, -0.05) is 19.3 Å². The Kier molecular flexibility index (Phi) is 7.11. The van der Waals surface area contributed by atoms with Crippen LogP contribution in [0.5, 0.6) is 0 Å². The molecule has 6 nitrogen and oxygen atoms in total. The Hall–Kier alpha value is -0.400. The lowest BCUT2D eigenvalue weighted by Gasteiger charge is -2.49. The molecule has 0 radical (unpaired) electrons. The van der Waals surface area contributed by atoms with Gasteiger partial charge in [-0.2, -0.15) is 0 Å². The number of likely N-dealkylation sites (tertiary alicyclic amines) is 2. The molecule has 1 saturated carbocycles. The Morgan fingerprint density at radius 2 is 1.45 bits per heavy atom. The number of alkyl halides is 1. The molecule has 176 valence electrons. The molecule has 5 heterocycles. The molecule has 6 fully saturated rings. The maximum Gasteiger partial charge on any atom is 0.226 e. The third-order valence-corrected chi connectivity index (χ3v) is 9.39. The second-order valence-electron chi connectivity index (χ2n) is 10.8. The van der Waals surface area contributed by atoms with E-state index in [1.807, 2.05) is 0 Å². The first-order chi connectivity index (χ1) is 15.1. The van der Waals surface area contributed by atoms with Gasteiger partial charge in [0.2, 0.25) is 5.91 Å². The fraction of sp³-hybridized carbons (Fsp3) is 0.958. The molecule has 0 aromatic rings. The van der Waals surface area contributed by atoms with Crippen LogP contribution < -0.4 is 5.73 Å². The Morgan fingerprint density at radius 1 is 0.742 bits per heavy atom. The fourth-order valence-electron chi connectivity index (χ4n) is 7.15. The number of carbonyl (C=O) groups is 1. The van der Waals surface area contributed by atoms with E-state index in [1.54, 1.807) is 0 Å². The second kappa shape index (κ2) is 9.84. The van der Waals surface area contributed by atoms with Gasteiger partial charge < -0.3 is 15.5 Å². The van der Waals surface area contributed by atoms with Crippen molar-refractivity contribution in [3.8, 4) is 0 Å². The number of fused-ring (bicyclic) bond motifs is 4. The molecule has 5 aliphatic heterocycles. The van der Waals surface area contributed by atoms with Crippen LogP contribution in [0.2, 0.25) is 0 Å². The summed E-state index contributed by atoms with van der Waals surface area (Å²) in [5, 5.41) is 0.0907. The number of rotatable bonds is 3. The van der Waals surface area contributed by atoms with Crippen molar-refractivity contribution >= 4 is 17.5 Å². The van der Waals surface area contributed by atoms with Crippen molar-refractivity contribution in [1.82, 2.24) is 19.6 Å². The van der Waals surface area contributed by atoms with Gasteiger partial charge in [0.05, 0.1) is 5.38 Å². The fourth-order valence-corrected chi connectivity index (χ4v) is 7.68. The molecular weight excluding hydrogens is 410 g/mol. The molecule has 0 aromatic heterocycles. The molecule has 3 atom stereocenters. The molecule has 6 aliphatic rings. The summed E-state index contributed by atoms with van der Waals surface area (Å²) in [6.45, 7) is 8.20. The lowest BCUT2D eigenvalue weighted by Crippen LogP contribution is -2.65. The maximum atomic E-state index is 13.4. The van der Waals surface area contributed by atoms with Crippen LogP contribution in [0.4, 0.5) is 0 Å². The Morgan fingerprint density at radius 3 is 2.13 bits per heavy atom. The monoisotopic (exact) mass is 451 g/mol. The van der Waals surface area contributed by atoms with Gasteiger partial charge in [-0.3, -0.25) is 14.6 Å². The molecule has 5 saturated heterocycles. The summed E-state index contributed by atoms with van der Waals surface area (Å²) in [6, 6.07) is 1.53. The van der Waals surface area contributed by atoms with E-state index in [-0.39, 0.29) is 23.4 Å². The number of nitrogens with two attached hydrogens (primary N) is 1. The summed E-state index contributed by atoms with van der Waals surface area (Å²) in [7, 11) is 0. The third-order valence-electron chi connectivity index (χ3n) is 8.99. The lowest BCUT2D eigenvalue weighted by molar-refractivity contribution is -0.139.